The van der Waals surface area contributed by atoms with Crippen molar-refractivity contribution >= 4 is 5.91 Å². The van der Waals surface area contributed by atoms with Crippen molar-refractivity contribution in [2.75, 3.05) is 13.1 Å². The van der Waals surface area contributed by atoms with Crippen molar-refractivity contribution in [1.82, 2.24) is 16.0 Å². The number of hydrogen-bond donors (Lipinski definition) is 3. The minimum absolute atomic E-state index is 0.00653. The van der Waals surface area contributed by atoms with Gasteiger partial charge in [0.1, 0.15) is 5.82 Å². The number of benzene rings is 1. The molecule has 102 valence electrons. The predicted octanol–water partition coefficient (Wildman–Crippen LogP) is 0.392. The first-order chi connectivity index (χ1) is 9.24. The maximum Gasteiger partial charge on any atom is 0.226 e. The van der Waals surface area contributed by atoms with Gasteiger partial charge in [-0.15, -0.1) is 0 Å². The summed E-state index contributed by atoms with van der Waals surface area (Å²) in [6.45, 7) is 2.16. The predicted molar refractivity (Wildman–Crippen MR) is 69.9 cm³/mol. The Bertz CT molecular complexity index is 462. The van der Waals surface area contributed by atoms with E-state index in [9.17, 15) is 9.18 Å². The highest BCUT2D eigenvalue weighted by molar-refractivity contribution is 5.80. The molecule has 5 heteroatoms. The molecule has 3 unspecified atom stereocenters. The highest BCUT2D eigenvalue weighted by atomic mass is 19.1. The van der Waals surface area contributed by atoms with Gasteiger partial charge in [0, 0.05) is 25.2 Å². The Labute approximate surface area is 111 Å². The van der Waals surface area contributed by atoms with Gasteiger partial charge in [-0.05, 0) is 30.7 Å². The number of amides is 1. The molecule has 1 aromatic rings. The lowest BCUT2D eigenvalue weighted by atomic mass is 9.99. The number of fused-ring (bicyclic) bond motifs is 1. The van der Waals surface area contributed by atoms with Crippen molar-refractivity contribution in [3.63, 3.8) is 0 Å². The molecule has 0 saturated carbocycles. The van der Waals surface area contributed by atoms with Crippen LogP contribution in [0.4, 0.5) is 4.39 Å². The standard InChI is InChI=1S/C14H18FN3O/c15-10-3-1-9(2-4-10)7-18-14(19)11-8-17-12-5-6-16-13(11)12/h1-4,11-13,16-17H,5-8H2,(H,18,19). The lowest BCUT2D eigenvalue weighted by molar-refractivity contribution is -0.125. The minimum atomic E-state index is -0.256. The molecule has 1 amide bonds. The van der Waals surface area contributed by atoms with E-state index in [0.29, 0.717) is 12.6 Å². The van der Waals surface area contributed by atoms with Crippen LogP contribution in [0.1, 0.15) is 12.0 Å². The lowest BCUT2D eigenvalue weighted by Crippen LogP contribution is -2.42. The highest BCUT2D eigenvalue weighted by Gasteiger charge is 2.42. The van der Waals surface area contributed by atoms with Gasteiger partial charge in [0.15, 0.2) is 0 Å². The number of hydrogen-bond acceptors (Lipinski definition) is 3. The van der Waals surface area contributed by atoms with Crippen LogP contribution in [0.15, 0.2) is 24.3 Å². The second-order valence-corrected chi connectivity index (χ2v) is 5.23. The Morgan fingerprint density at radius 3 is 2.89 bits per heavy atom. The van der Waals surface area contributed by atoms with Crippen LogP contribution in [0, 0.1) is 11.7 Å². The molecule has 1 aromatic carbocycles. The maximum absolute atomic E-state index is 12.8. The van der Waals surface area contributed by atoms with Crippen LogP contribution in [0.3, 0.4) is 0 Å². The number of nitrogens with one attached hydrogen (secondary N) is 3. The Hall–Kier alpha value is -1.46. The van der Waals surface area contributed by atoms with Crippen molar-refractivity contribution in [1.29, 1.82) is 0 Å². The topological polar surface area (TPSA) is 53.2 Å². The zero-order valence-corrected chi connectivity index (χ0v) is 10.7. The van der Waals surface area contributed by atoms with Crippen molar-refractivity contribution in [3.8, 4) is 0 Å². The van der Waals surface area contributed by atoms with Gasteiger partial charge in [-0.1, -0.05) is 12.1 Å². The summed E-state index contributed by atoms with van der Waals surface area (Å²) in [6.07, 6.45) is 1.09. The first kappa shape index (κ1) is 12.6. The number of rotatable bonds is 3. The van der Waals surface area contributed by atoms with Crippen LogP contribution in [-0.4, -0.2) is 31.1 Å². The zero-order chi connectivity index (χ0) is 13.2. The van der Waals surface area contributed by atoms with E-state index in [2.05, 4.69) is 16.0 Å². The van der Waals surface area contributed by atoms with E-state index >= 15 is 0 Å². The smallest absolute Gasteiger partial charge is 0.226 e. The van der Waals surface area contributed by atoms with Crippen molar-refractivity contribution in [3.05, 3.63) is 35.6 Å². The largest absolute Gasteiger partial charge is 0.352 e. The van der Waals surface area contributed by atoms with Gasteiger partial charge >= 0.3 is 0 Å². The van der Waals surface area contributed by atoms with Gasteiger partial charge in [0.2, 0.25) is 5.91 Å². The van der Waals surface area contributed by atoms with Gasteiger partial charge in [0.25, 0.3) is 0 Å². The second-order valence-electron chi connectivity index (χ2n) is 5.23. The fourth-order valence-corrected chi connectivity index (χ4v) is 2.96. The van der Waals surface area contributed by atoms with Gasteiger partial charge in [-0.2, -0.15) is 0 Å². The van der Waals surface area contributed by atoms with E-state index in [4.69, 9.17) is 0 Å². The Balaban J connectivity index is 1.55. The first-order valence-corrected chi connectivity index (χ1v) is 6.73. The summed E-state index contributed by atoms with van der Waals surface area (Å²) in [4.78, 5) is 12.2. The third kappa shape index (κ3) is 2.62. The molecule has 0 aliphatic carbocycles. The molecule has 2 aliphatic heterocycles. The molecule has 0 radical (unpaired) electrons. The number of halogens is 1. The molecule has 3 N–H and O–H groups in total. The number of carbonyl (C=O) groups excluding carboxylic acids is 1. The van der Waals surface area contributed by atoms with Gasteiger partial charge in [-0.3, -0.25) is 4.79 Å². The van der Waals surface area contributed by atoms with Crippen molar-refractivity contribution < 1.29 is 9.18 Å². The third-order valence-corrected chi connectivity index (χ3v) is 4.02. The summed E-state index contributed by atoms with van der Waals surface area (Å²) in [5.74, 6) is -0.195. The average Bonchev–Trinajstić information content (AvgIpc) is 3.00. The van der Waals surface area contributed by atoms with Gasteiger partial charge in [0.05, 0.1) is 5.92 Å². The van der Waals surface area contributed by atoms with E-state index in [1.807, 2.05) is 0 Å². The van der Waals surface area contributed by atoms with E-state index in [1.54, 1.807) is 12.1 Å². The van der Waals surface area contributed by atoms with Crippen LogP contribution in [0.5, 0.6) is 0 Å². The van der Waals surface area contributed by atoms with Gasteiger partial charge < -0.3 is 16.0 Å². The van der Waals surface area contributed by atoms with E-state index < -0.39 is 0 Å². The molecule has 0 spiro atoms. The molecule has 3 rings (SSSR count). The molecule has 2 fully saturated rings. The SMILES string of the molecule is O=C(NCc1ccc(F)cc1)C1CNC2CCNC21. The van der Waals surface area contributed by atoms with E-state index in [0.717, 1.165) is 25.1 Å². The normalized spacial score (nSPS) is 29.2. The Kier molecular flexibility index (Phi) is 3.48. The molecule has 19 heavy (non-hydrogen) atoms. The summed E-state index contributed by atoms with van der Waals surface area (Å²) in [6, 6.07) is 6.90. The Morgan fingerprint density at radius 1 is 1.32 bits per heavy atom. The van der Waals surface area contributed by atoms with E-state index in [-0.39, 0.29) is 23.7 Å². The quantitative estimate of drug-likeness (QED) is 0.739. The molecule has 2 aliphatic rings. The zero-order valence-electron chi connectivity index (χ0n) is 10.7. The fourth-order valence-electron chi connectivity index (χ4n) is 2.96. The summed E-state index contributed by atoms with van der Waals surface area (Å²) in [7, 11) is 0. The maximum atomic E-state index is 12.8. The summed E-state index contributed by atoms with van der Waals surface area (Å²) < 4.78 is 12.8. The molecular formula is C14H18FN3O. The molecule has 4 nitrogen and oxygen atoms in total. The summed E-state index contributed by atoms with van der Waals surface area (Å²) >= 11 is 0. The van der Waals surface area contributed by atoms with Crippen LogP contribution in [0.25, 0.3) is 0 Å². The summed E-state index contributed by atoms with van der Waals surface area (Å²) in [5.41, 5.74) is 0.914. The monoisotopic (exact) mass is 263 g/mol. The summed E-state index contributed by atoms with van der Waals surface area (Å²) in [5, 5.41) is 9.70. The molecule has 0 bridgehead atoms. The average molecular weight is 263 g/mol. The molecule has 0 aromatic heterocycles. The lowest BCUT2D eigenvalue weighted by Gasteiger charge is -2.17. The first-order valence-electron chi connectivity index (χ1n) is 6.73. The van der Waals surface area contributed by atoms with E-state index in [1.165, 1.54) is 12.1 Å². The molecule has 2 heterocycles. The second kappa shape index (κ2) is 5.27. The molecule has 3 atom stereocenters. The van der Waals surface area contributed by atoms with Crippen LogP contribution in [-0.2, 0) is 11.3 Å². The van der Waals surface area contributed by atoms with Crippen LogP contribution in [0.2, 0.25) is 0 Å². The van der Waals surface area contributed by atoms with Crippen LogP contribution < -0.4 is 16.0 Å². The van der Waals surface area contributed by atoms with Crippen molar-refractivity contribution in [2.45, 2.75) is 25.0 Å². The molecular weight excluding hydrogens is 245 g/mol. The van der Waals surface area contributed by atoms with Gasteiger partial charge in [-0.25, -0.2) is 4.39 Å². The molecule has 2 saturated heterocycles. The third-order valence-electron chi connectivity index (χ3n) is 4.02. The fraction of sp³-hybridized carbons (Fsp3) is 0.500. The van der Waals surface area contributed by atoms with Crippen LogP contribution >= 0.6 is 0 Å². The minimum Gasteiger partial charge on any atom is -0.352 e. The Morgan fingerprint density at radius 2 is 2.11 bits per heavy atom. The number of carbonyl (C=O) groups is 1. The van der Waals surface area contributed by atoms with Crippen molar-refractivity contribution in [2.24, 2.45) is 5.92 Å². The highest BCUT2D eigenvalue weighted by Crippen LogP contribution is 2.22.